The van der Waals surface area contributed by atoms with E-state index in [4.69, 9.17) is 4.98 Å². The van der Waals surface area contributed by atoms with Crippen molar-refractivity contribution < 1.29 is 4.39 Å². The van der Waals surface area contributed by atoms with Gasteiger partial charge in [-0.05, 0) is 84.6 Å². The van der Waals surface area contributed by atoms with Gasteiger partial charge in [0.15, 0.2) is 0 Å². The summed E-state index contributed by atoms with van der Waals surface area (Å²) >= 11 is 8.59. The highest BCUT2D eigenvalue weighted by molar-refractivity contribution is 9.28. The van der Waals surface area contributed by atoms with Crippen LogP contribution in [0.2, 0.25) is 0 Å². The van der Waals surface area contributed by atoms with E-state index in [-0.39, 0.29) is 11.7 Å². The molecule has 3 rings (SSSR count). The van der Waals surface area contributed by atoms with Crippen molar-refractivity contribution in [3.8, 4) is 21.7 Å². The Morgan fingerprint density at radius 3 is 2.44 bits per heavy atom. The van der Waals surface area contributed by atoms with E-state index >= 15 is 0 Å². The van der Waals surface area contributed by atoms with Crippen molar-refractivity contribution in [3.05, 3.63) is 68.3 Å². The number of benzene rings is 1. The standard InChI is InChI=1S/C20H16Br2FNS/c1-12(2)20-16(11-19(21)22)15(13-5-7-14(23)8-6-13)10-17(24-20)18-4-3-9-25-18/h3-12H,1-2H3. The zero-order chi connectivity index (χ0) is 18.0. The Morgan fingerprint density at radius 1 is 1.16 bits per heavy atom. The fourth-order valence-corrected chi connectivity index (χ4v) is 3.84. The van der Waals surface area contributed by atoms with E-state index in [2.05, 4.69) is 57.8 Å². The molecule has 2 heterocycles. The third-order valence-corrected chi connectivity index (χ3v) is 5.17. The summed E-state index contributed by atoms with van der Waals surface area (Å²) in [6.45, 7) is 4.27. The van der Waals surface area contributed by atoms with Crippen LogP contribution in [-0.4, -0.2) is 4.98 Å². The van der Waals surface area contributed by atoms with Crippen LogP contribution in [0.25, 0.3) is 27.8 Å². The summed E-state index contributed by atoms with van der Waals surface area (Å²) in [6, 6.07) is 12.8. The van der Waals surface area contributed by atoms with Crippen LogP contribution >= 0.6 is 43.2 Å². The van der Waals surface area contributed by atoms with Crippen LogP contribution in [0.5, 0.6) is 0 Å². The summed E-state index contributed by atoms with van der Waals surface area (Å²) in [5, 5.41) is 2.05. The Bertz CT molecular complexity index is 896. The predicted molar refractivity (Wildman–Crippen MR) is 113 cm³/mol. The molecule has 0 aliphatic rings. The summed E-state index contributed by atoms with van der Waals surface area (Å²) in [6.07, 6.45) is 2.01. The SMILES string of the molecule is CC(C)c1nc(-c2cccs2)cc(-c2ccc(F)cc2)c1C=C(Br)Br. The number of hydrogen-bond donors (Lipinski definition) is 0. The van der Waals surface area contributed by atoms with E-state index in [1.165, 1.54) is 12.1 Å². The molecule has 0 spiro atoms. The Labute approximate surface area is 167 Å². The molecule has 5 heteroatoms. The van der Waals surface area contributed by atoms with Gasteiger partial charge in [-0.3, -0.25) is 4.98 Å². The summed E-state index contributed by atoms with van der Waals surface area (Å²) < 4.78 is 14.2. The average Bonchev–Trinajstić information content (AvgIpc) is 3.09. The van der Waals surface area contributed by atoms with Crippen molar-refractivity contribution in [2.24, 2.45) is 0 Å². The molecule has 0 saturated carbocycles. The number of rotatable bonds is 4. The molecule has 0 unspecified atom stereocenters. The van der Waals surface area contributed by atoms with Gasteiger partial charge in [0.25, 0.3) is 0 Å². The molecule has 0 fully saturated rings. The number of halogens is 3. The molecule has 0 atom stereocenters. The molecule has 3 aromatic rings. The van der Waals surface area contributed by atoms with Crippen molar-refractivity contribution in [1.82, 2.24) is 4.98 Å². The normalized spacial score (nSPS) is 11.0. The first-order valence-electron chi connectivity index (χ1n) is 7.83. The molecule has 0 bridgehead atoms. The minimum Gasteiger partial charge on any atom is -0.251 e. The van der Waals surface area contributed by atoms with Crippen LogP contribution in [0.3, 0.4) is 0 Å². The quantitative estimate of drug-likeness (QED) is 0.370. The van der Waals surface area contributed by atoms with Gasteiger partial charge in [-0.25, -0.2) is 4.39 Å². The summed E-state index contributed by atoms with van der Waals surface area (Å²) in [5.74, 6) is 0.0174. The number of pyridine rings is 1. The molecule has 1 nitrogen and oxygen atoms in total. The Kier molecular flexibility index (Phi) is 5.87. The lowest BCUT2D eigenvalue weighted by Crippen LogP contribution is -2.01. The summed E-state index contributed by atoms with van der Waals surface area (Å²) in [7, 11) is 0. The molecule has 0 aliphatic heterocycles. The first kappa shape index (κ1) is 18.5. The second-order valence-electron chi connectivity index (χ2n) is 5.93. The predicted octanol–water partition coefficient (Wildman–Crippen LogP) is 7.83. The van der Waals surface area contributed by atoms with Gasteiger partial charge in [-0.1, -0.05) is 32.0 Å². The van der Waals surface area contributed by atoms with Crippen LogP contribution in [0.1, 0.15) is 31.0 Å². The van der Waals surface area contributed by atoms with Crippen LogP contribution in [-0.2, 0) is 0 Å². The number of nitrogens with zero attached hydrogens (tertiary/aromatic N) is 1. The van der Waals surface area contributed by atoms with Gasteiger partial charge in [0.1, 0.15) is 5.82 Å². The maximum Gasteiger partial charge on any atom is 0.123 e. The largest absolute Gasteiger partial charge is 0.251 e. The first-order valence-corrected chi connectivity index (χ1v) is 10.3. The third-order valence-electron chi connectivity index (χ3n) is 3.82. The van der Waals surface area contributed by atoms with Crippen molar-refractivity contribution in [2.45, 2.75) is 19.8 Å². The molecule has 25 heavy (non-hydrogen) atoms. The molecule has 2 aromatic heterocycles. The Hall–Kier alpha value is -1.30. The molecule has 0 radical (unpaired) electrons. The van der Waals surface area contributed by atoms with E-state index in [1.54, 1.807) is 11.3 Å². The molecular formula is C20H16Br2FNS. The lowest BCUT2D eigenvalue weighted by Gasteiger charge is -2.16. The highest BCUT2D eigenvalue weighted by Gasteiger charge is 2.17. The fraction of sp³-hybridized carbons (Fsp3) is 0.150. The third kappa shape index (κ3) is 4.27. The van der Waals surface area contributed by atoms with Crippen LogP contribution in [0.15, 0.2) is 51.2 Å². The summed E-state index contributed by atoms with van der Waals surface area (Å²) in [4.78, 5) is 6.05. The van der Waals surface area contributed by atoms with Crippen LogP contribution in [0, 0.1) is 5.82 Å². The molecule has 0 amide bonds. The number of hydrogen-bond acceptors (Lipinski definition) is 2. The zero-order valence-electron chi connectivity index (χ0n) is 13.8. The number of thiophene rings is 1. The maximum absolute atomic E-state index is 13.4. The van der Waals surface area contributed by atoms with Crippen LogP contribution in [0.4, 0.5) is 4.39 Å². The van der Waals surface area contributed by atoms with E-state index < -0.39 is 0 Å². The van der Waals surface area contributed by atoms with Gasteiger partial charge in [-0.2, -0.15) is 0 Å². The number of aromatic nitrogens is 1. The van der Waals surface area contributed by atoms with E-state index in [0.29, 0.717) is 0 Å². The van der Waals surface area contributed by atoms with Gasteiger partial charge in [0.2, 0.25) is 0 Å². The Morgan fingerprint density at radius 2 is 1.88 bits per heavy atom. The Balaban J connectivity index is 2.31. The van der Waals surface area contributed by atoms with Gasteiger partial charge in [-0.15, -0.1) is 11.3 Å². The summed E-state index contributed by atoms with van der Waals surface area (Å²) in [5.41, 5.74) is 5.00. The monoisotopic (exact) mass is 479 g/mol. The fourth-order valence-electron chi connectivity index (χ4n) is 2.69. The molecule has 0 saturated heterocycles. The first-order chi connectivity index (χ1) is 12.0. The molecular weight excluding hydrogens is 465 g/mol. The van der Waals surface area contributed by atoms with Crippen molar-refractivity contribution in [3.63, 3.8) is 0 Å². The maximum atomic E-state index is 13.4. The highest BCUT2D eigenvalue weighted by atomic mass is 79.9. The topological polar surface area (TPSA) is 12.9 Å². The van der Waals surface area contributed by atoms with Crippen molar-refractivity contribution >= 4 is 49.3 Å². The average molecular weight is 481 g/mol. The second kappa shape index (κ2) is 7.94. The van der Waals surface area contributed by atoms with E-state index in [0.717, 1.165) is 36.3 Å². The van der Waals surface area contributed by atoms with Gasteiger partial charge in [0, 0.05) is 5.56 Å². The zero-order valence-corrected chi connectivity index (χ0v) is 17.8. The molecule has 1 aromatic carbocycles. The minimum atomic E-state index is -0.237. The smallest absolute Gasteiger partial charge is 0.123 e. The molecule has 0 aliphatic carbocycles. The highest BCUT2D eigenvalue weighted by Crippen LogP contribution is 2.36. The molecule has 128 valence electrons. The minimum absolute atomic E-state index is 0.237. The van der Waals surface area contributed by atoms with Gasteiger partial charge >= 0.3 is 0 Å². The second-order valence-corrected chi connectivity index (χ2v) is 9.65. The van der Waals surface area contributed by atoms with E-state index in [1.807, 2.05) is 29.7 Å². The van der Waals surface area contributed by atoms with E-state index in [9.17, 15) is 4.39 Å². The van der Waals surface area contributed by atoms with Crippen molar-refractivity contribution in [1.29, 1.82) is 0 Å². The van der Waals surface area contributed by atoms with Gasteiger partial charge in [0.05, 0.1) is 19.7 Å². The lowest BCUT2D eigenvalue weighted by atomic mass is 9.93. The van der Waals surface area contributed by atoms with Gasteiger partial charge < -0.3 is 0 Å². The van der Waals surface area contributed by atoms with Crippen LogP contribution < -0.4 is 0 Å². The molecule has 0 N–H and O–H groups in total. The lowest BCUT2D eigenvalue weighted by molar-refractivity contribution is 0.628. The van der Waals surface area contributed by atoms with Crippen molar-refractivity contribution in [2.75, 3.05) is 0 Å².